The van der Waals surface area contributed by atoms with Gasteiger partial charge in [0.2, 0.25) is 0 Å². The largest absolute Gasteiger partial charge is 0.378 e. The van der Waals surface area contributed by atoms with E-state index < -0.39 is 0 Å². The van der Waals surface area contributed by atoms with Crippen molar-refractivity contribution in [1.82, 2.24) is 9.38 Å². The van der Waals surface area contributed by atoms with Crippen molar-refractivity contribution in [2.75, 3.05) is 5.32 Å². The Morgan fingerprint density at radius 2 is 2.00 bits per heavy atom. The summed E-state index contributed by atoms with van der Waals surface area (Å²) in [5.74, 6) is 0. The maximum absolute atomic E-state index is 4.60. The van der Waals surface area contributed by atoms with Gasteiger partial charge < -0.3 is 9.72 Å². The maximum atomic E-state index is 4.60. The van der Waals surface area contributed by atoms with Crippen LogP contribution in [0.1, 0.15) is 11.4 Å². The first-order valence-electron chi connectivity index (χ1n) is 6.16. The molecule has 1 N–H and O–H groups in total. The minimum atomic E-state index is 0.712. The van der Waals surface area contributed by atoms with Crippen molar-refractivity contribution in [2.24, 2.45) is 0 Å². The van der Waals surface area contributed by atoms with Crippen molar-refractivity contribution in [1.29, 1.82) is 0 Å². The number of aromatic nitrogens is 2. The summed E-state index contributed by atoms with van der Waals surface area (Å²) >= 11 is 3.53. The first-order valence-corrected chi connectivity index (χ1v) is 6.95. The third kappa shape index (κ3) is 2.49. The van der Waals surface area contributed by atoms with Gasteiger partial charge in [-0.1, -0.05) is 18.2 Å². The van der Waals surface area contributed by atoms with Crippen LogP contribution in [0.5, 0.6) is 0 Å². The van der Waals surface area contributed by atoms with E-state index in [2.05, 4.69) is 49.8 Å². The van der Waals surface area contributed by atoms with Gasteiger partial charge in [-0.2, -0.15) is 0 Å². The molecule has 0 amide bonds. The third-order valence-corrected chi connectivity index (χ3v) is 3.77. The number of halogens is 1. The number of nitrogens with one attached hydrogen (secondary N) is 1. The molecule has 0 atom stereocenters. The van der Waals surface area contributed by atoms with E-state index in [9.17, 15) is 0 Å². The lowest BCUT2D eigenvalue weighted by atomic mass is 10.3. The molecule has 1 aromatic carbocycles. The van der Waals surface area contributed by atoms with E-state index in [0.29, 0.717) is 6.54 Å². The maximum Gasteiger partial charge on any atom is 0.137 e. The molecule has 3 aromatic rings. The number of nitrogens with zero attached hydrogens (tertiary/aromatic N) is 2. The SMILES string of the molecule is Cc1cccc2nc(CNc3ccccc3Br)cn12. The zero-order valence-electron chi connectivity index (χ0n) is 10.6. The highest BCUT2D eigenvalue weighted by Crippen LogP contribution is 2.21. The lowest BCUT2D eigenvalue weighted by molar-refractivity contribution is 1.06. The Labute approximate surface area is 120 Å². The van der Waals surface area contributed by atoms with Crippen LogP contribution in [0.3, 0.4) is 0 Å². The number of pyridine rings is 1. The Morgan fingerprint density at radius 1 is 1.16 bits per heavy atom. The second-order valence-electron chi connectivity index (χ2n) is 4.46. The fraction of sp³-hybridized carbons (Fsp3) is 0.133. The molecule has 96 valence electrons. The molecule has 0 spiro atoms. The molecule has 0 bridgehead atoms. The average Bonchev–Trinajstić information content (AvgIpc) is 2.82. The number of para-hydroxylation sites is 1. The highest BCUT2D eigenvalue weighted by atomic mass is 79.9. The topological polar surface area (TPSA) is 29.3 Å². The molecule has 0 saturated heterocycles. The number of hydrogen-bond acceptors (Lipinski definition) is 2. The predicted molar refractivity (Wildman–Crippen MR) is 81.4 cm³/mol. The van der Waals surface area contributed by atoms with Gasteiger partial charge in [-0.05, 0) is 47.1 Å². The van der Waals surface area contributed by atoms with Crippen molar-refractivity contribution in [2.45, 2.75) is 13.5 Å². The number of fused-ring (bicyclic) bond motifs is 1. The van der Waals surface area contributed by atoms with Crippen LogP contribution in [0.2, 0.25) is 0 Å². The van der Waals surface area contributed by atoms with E-state index in [1.54, 1.807) is 0 Å². The highest BCUT2D eigenvalue weighted by molar-refractivity contribution is 9.10. The second-order valence-corrected chi connectivity index (χ2v) is 5.32. The fourth-order valence-corrected chi connectivity index (χ4v) is 2.50. The minimum Gasteiger partial charge on any atom is -0.378 e. The van der Waals surface area contributed by atoms with E-state index in [-0.39, 0.29) is 0 Å². The van der Waals surface area contributed by atoms with Crippen LogP contribution in [-0.4, -0.2) is 9.38 Å². The van der Waals surface area contributed by atoms with Crippen LogP contribution in [0.4, 0.5) is 5.69 Å². The van der Waals surface area contributed by atoms with Crippen LogP contribution >= 0.6 is 15.9 Å². The van der Waals surface area contributed by atoms with Gasteiger partial charge in [0.05, 0.1) is 12.2 Å². The molecular weight excluding hydrogens is 302 g/mol. The predicted octanol–water partition coefficient (Wildman–Crippen LogP) is 4.02. The molecule has 3 nitrogen and oxygen atoms in total. The summed E-state index contributed by atoms with van der Waals surface area (Å²) in [5.41, 5.74) is 4.29. The Balaban J connectivity index is 1.83. The first-order chi connectivity index (χ1) is 9.24. The fourth-order valence-electron chi connectivity index (χ4n) is 2.07. The molecule has 2 heterocycles. The summed E-state index contributed by atoms with van der Waals surface area (Å²) in [6, 6.07) is 14.2. The van der Waals surface area contributed by atoms with Crippen LogP contribution < -0.4 is 5.32 Å². The molecule has 0 fully saturated rings. The van der Waals surface area contributed by atoms with E-state index >= 15 is 0 Å². The van der Waals surface area contributed by atoms with E-state index in [0.717, 1.165) is 21.5 Å². The van der Waals surface area contributed by atoms with Gasteiger partial charge in [-0.15, -0.1) is 0 Å². The molecule has 19 heavy (non-hydrogen) atoms. The van der Waals surface area contributed by atoms with Crippen molar-refractivity contribution >= 4 is 27.3 Å². The lowest BCUT2D eigenvalue weighted by Crippen LogP contribution is -2.00. The standard InChI is InChI=1S/C15H14BrN3/c1-11-5-4-8-15-18-12(10-19(11)15)9-17-14-7-3-2-6-13(14)16/h2-8,10,17H,9H2,1H3. The highest BCUT2D eigenvalue weighted by Gasteiger charge is 2.03. The molecule has 0 aliphatic heterocycles. The van der Waals surface area contributed by atoms with Crippen molar-refractivity contribution in [3.63, 3.8) is 0 Å². The summed E-state index contributed by atoms with van der Waals surface area (Å²) in [6.45, 7) is 2.80. The number of benzene rings is 1. The van der Waals surface area contributed by atoms with Crippen LogP contribution in [0.15, 0.2) is 53.1 Å². The first kappa shape index (κ1) is 12.2. The summed E-state index contributed by atoms with van der Waals surface area (Å²) in [7, 11) is 0. The normalized spacial score (nSPS) is 10.8. The van der Waals surface area contributed by atoms with E-state index in [4.69, 9.17) is 0 Å². The van der Waals surface area contributed by atoms with E-state index in [1.807, 2.05) is 36.4 Å². The number of hydrogen-bond donors (Lipinski definition) is 1. The molecule has 4 heteroatoms. The van der Waals surface area contributed by atoms with Crippen molar-refractivity contribution in [3.8, 4) is 0 Å². The van der Waals surface area contributed by atoms with Gasteiger partial charge in [0, 0.05) is 22.1 Å². The zero-order valence-corrected chi connectivity index (χ0v) is 12.2. The van der Waals surface area contributed by atoms with E-state index in [1.165, 1.54) is 5.69 Å². The third-order valence-electron chi connectivity index (χ3n) is 3.08. The van der Waals surface area contributed by atoms with Crippen molar-refractivity contribution < 1.29 is 0 Å². The molecular formula is C15H14BrN3. The number of anilines is 1. The molecule has 0 saturated carbocycles. The van der Waals surface area contributed by atoms with Crippen LogP contribution in [0.25, 0.3) is 5.65 Å². The summed E-state index contributed by atoms with van der Waals surface area (Å²) < 4.78 is 3.17. The average molecular weight is 316 g/mol. The van der Waals surface area contributed by atoms with Gasteiger partial charge >= 0.3 is 0 Å². The van der Waals surface area contributed by atoms with Gasteiger partial charge in [0.15, 0.2) is 0 Å². The number of rotatable bonds is 3. The molecule has 0 radical (unpaired) electrons. The van der Waals surface area contributed by atoms with Crippen LogP contribution in [0, 0.1) is 6.92 Å². The zero-order chi connectivity index (χ0) is 13.2. The minimum absolute atomic E-state index is 0.712. The monoisotopic (exact) mass is 315 g/mol. The Bertz CT molecular complexity index is 718. The molecule has 2 aromatic heterocycles. The molecule has 3 rings (SSSR count). The molecule has 0 aliphatic carbocycles. The summed E-state index contributed by atoms with van der Waals surface area (Å²) in [4.78, 5) is 4.60. The Hall–Kier alpha value is -1.81. The van der Waals surface area contributed by atoms with Gasteiger partial charge in [0.25, 0.3) is 0 Å². The van der Waals surface area contributed by atoms with Gasteiger partial charge in [-0.3, -0.25) is 0 Å². The number of imidazole rings is 1. The van der Waals surface area contributed by atoms with Gasteiger partial charge in [-0.25, -0.2) is 4.98 Å². The lowest BCUT2D eigenvalue weighted by Gasteiger charge is -2.05. The van der Waals surface area contributed by atoms with Gasteiger partial charge in [0.1, 0.15) is 5.65 Å². The van der Waals surface area contributed by atoms with Crippen LogP contribution in [-0.2, 0) is 6.54 Å². The van der Waals surface area contributed by atoms with Crippen molar-refractivity contribution in [3.05, 3.63) is 64.5 Å². The molecule has 0 aliphatic rings. The second kappa shape index (κ2) is 5.05. The smallest absolute Gasteiger partial charge is 0.137 e. The summed E-state index contributed by atoms with van der Waals surface area (Å²) in [6.07, 6.45) is 2.08. The molecule has 0 unspecified atom stereocenters. The quantitative estimate of drug-likeness (QED) is 0.791. The number of aryl methyl sites for hydroxylation is 1. The Morgan fingerprint density at radius 3 is 2.79 bits per heavy atom. The summed E-state index contributed by atoms with van der Waals surface area (Å²) in [5, 5.41) is 3.39. The Kier molecular flexibility index (Phi) is 3.25.